The van der Waals surface area contributed by atoms with Crippen LogP contribution in [-0.2, 0) is 17.5 Å². The van der Waals surface area contributed by atoms with Crippen molar-refractivity contribution in [1.82, 2.24) is 10.3 Å². The third-order valence-corrected chi connectivity index (χ3v) is 5.49. The summed E-state index contributed by atoms with van der Waals surface area (Å²) in [4.78, 5) is 18.3. The van der Waals surface area contributed by atoms with Crippen LogP contribution in [0.2, 0.25) is 0 Å². The van der Waals surface area contributed by atoms with Gasteiger partial charge in [0.25, 0.3) is 0 Å². The third kappa shape index (κ3) is 5.09. The fraction of sp³-hybridized carbons (Fsp3) is 0.304. The number of aromatic nitrogens is 1. The molecular weight excluding hydrogens is 426 g/mol. The van der Waals surface area contributed by atoms with Gasteiger partial charge in [-0.1, -0.05) is 0 Å². The highest BCUT2D eigenvalue weighted by Crippen LogP contribution is 2.30. The summed E-state index contributed by atoms with van der Waals surface area (Å²) in [5.74, 6) is 1.04. The van der Waals surface area contributed by atoms with E-state index in [1.807, 2.05) is 4.90 Å². The van der Waals surface area contributed by atoms with Gasteiger partial charge in [0, 0.05) is 30.8 Å². The van der Waals surface area contributed by atoms with E-state index in [2.05, 4.69) is 10.3 Å². The third-order valence-electron chi connectivity index (χ3n) is 5.49. The second-order valence-electron chi connectivity index (χ2n) is 7.65. The summed E-state index contributed by atoms with van der Waals surface area (Å²) >= 11 is 0. The predicted molar refractivity (Wildman–Crippen MR) is 110 cm³/mol. The summed E-state index contributed by atoms with van der Waals surface area (Å²) in [6.45, 7) is 1.30. The Bertz CT molecular complexity index is 1050. The molecule has 0 atom stereocenters. The number of halogens is 4. The molecule has 0 bridgehead atoms. The van der Waals surface area contributed by atoms with Gasteiger partial charge in [0.1, 0.15) is 23.2 Å². The first-order chi connectivity index (χ1) is 15.3. The number of carbonyl (C=O) groups excluding carboxylic acids is 1. The van der Waals surface area contributed by atoms with Crippen LogP contribution in [0.1, 0.15) is 24.2 Å². The Balaban J connectivity index is 1.26. The molecule has 1 N–H and O–H groups in total. The van der Waals surface area contributed by atoms with E-state index in [1.54, 1.807) is 24.3 Å². The predicted octanol–water partition coefficient (Wildman–Crippen LogP) is 5.03. The summed E-state index contributed by atoms with van der Waals surface area (Å²) in [5, 5.41) is 2.87. The molecule has 1 fully saturated rings. The number of hydrogen-bond acceptors (Lipinski definition) is 4. The Morgan fingerprint density at radius 1 is 1.06 bits per heavy atom. The lowest BCUT2D eigenvalue weighted by molar-refractivity contribution is -0.137. The van der Waals surface area contributed by atoms with Crippen molar-refractivity contribution >= 4 is 11.7 Å². The van der Waals surface area contributed by atoms with Crippen molar-refractivity contribution in [3.8, 4) is 11.3 Å². The zero-order valence-electron chi connectivity index (χ0n) is 17.0. The van der Waals surface area contributed by atoms with E-state index >= 15 is 0 Å². The van der Waals surface area contributed by atoms with E-state index in [-0.39, 0.29) is 24.2 Å². The summed E-state index contributed by atoms with van der Waals surface area (Å²) < 4.78 is 56.8. The Hall–Kier alpha value is -3.36. The molecule has 9 heteroatoms. The highest BCUT2D eigenvalue weighted by atomic mass is 19.4. The van der Waals surface area contributed by atoms with E-state index in [0.29, 0.717) is 43.3 Å². The van der Waals surface area contributed by atoms with Crippen molar-refractivity contribution in [3.63, 3.8) is 0 Å². The molecule has 32 heavy (non-hydrogen) atoms. The van der Waals surface area contributed by atoms with Gasteiger partial charge in [0.2, 0.25) is 5.91 Å². The number of rotatable bonds is 5. The summed E-state index contributed by atoms with van der Waals surface area (Å²) in [6, 6.07) is 11.9. The van der Waals surface area contributed by atoms with Crippen LogP contribution in [0.5, 0.6) is 0 Å². The molecule has 1 aromatic carbocycles. The first-order valence-corrected chi connectivity index (χ1v) is 10.2. The fourth-order valence-corrected chi connectivity index (χ4v) is 3.67. The molecule has 3 heterocycles. The molecule has 1 aliphatic rings. The van der Waals surface area contributed by atoms with Crippen LogP contribution in [0.4, 0.5) is 23.4 Å². The second kappa shape index (κ2) is 9.02. The number of anilines is 1. The minimum Gasteiger partial charge on any atom is -0.459 e. The second-order valence-corrected chi connectivity index (χ2v) is 7.65. The number of alkyl halides is 3. The molecule has 168 valence electrons. The number of pyridine rings is 1. The minimum absolute atomic E-state index is 0.0928. The largest absolute Gasteiger partial charge is 0.459 e. The van der Waals surface area contributed by atoms with E-state index in [9.17, 15) is 22.4 Å². The lowest BCUT2D eigenvalue weighted by atomic mass is 9.96. The number of nitrogens with one attached hydrogen (secondary N) is 1. The topological polar surface area (TPSA) is 58.4 Å². The minimum atomic E-state index is -4.41. The van der Waals surface area contributed by atoms with Gasteiger partial charge >= 0.3 is 6.18 Å². The van der Waals surface area contributed by atoms with Crippen molar-refractivity contribution in [3.05, 3.63) is 71.9 Å². The molecule has 2 aromatic heterocycles. The van der Waals surface area contributed by atoms with Crippen molar-refractivity contribution in [2.24, 2.45) is 5.92 Å². The Labute approximate surface area is 182 Å². The van der Waals surface area contributed by atoms with Gasteiger partial charge in [-0.2, -0.15) is 13.2 Å². The van der Waals surface area contributed by atoms with Crippen molar-refractivity contribution < 1.29 is 26.8 Å². The molecule has 5 nitrogen and oxygen atoms in total. The molecular formula is C23H21F4N3O2. The standard InChI is InChI=1S/C23H21F4N3O2/c24-18-4-1-15(2-5-18)20-7-6-19(32-20)14-29-22(31)16-9-11-30(12-10-16)21-8-3-17(13-28-21)23(25,26)27/h1-8,13,16H,9-12,14H2,(H,29,31). The summed E-state index contributed by atoms with van der Waals surface area (Å²) in [5.41, 5.74) is -0.0377. The van der Waals surface area contributed by atoms with E-state index in [1.165, 1.54) is 18.2 Å². The lowest BCUT2D eigenvalue weighted by Crippen LogP contribution is -2.40. The quantitative estimate of drug-likeness (QED) is 0.558. The average molecular weight is 447 g/mol. The maximum absolute atomic E-state index is 13.0. The molecule has 0 unspecified atom stereocenters. The van der Waals surface area contributed by atoms with Gasteiger partial charge in [-0.25, -0.2) is 9.37 Å². The average Bonchev–Trinajstić information content (AvgIpc) is 3.27. The molecule has 1 saturated heterocycles. The number of nitrogens with zero attached hydrogens (tertiary/aromatic N) is 2. The van der Waals surface area contributed by atoms with E-state index < -0.39 is 11.7 Å². The lowest BCUT2D eigenvalue weighted by Gasteiger charge is -2.32. The van der Waals surface area contributed by atoms with E-state index in [0.717, 1.165) is 17.8 Å². The smallest absolute Gasteiger partial charge is 0.417 e. The van der Waals surface area contributed by atoms with Gasteiger partial charge in [0.05, 0.1) is 12.1 Å². The highest BCUT2D eigenvalue weighted by molar-refractivity contribution is 5.79. The van der Waals surface area contributed by atoms with Gasteiger partial charge in [-0.05, 0) is 61.4 Å². The maximum Gasteiger partial charge on any atom is 0.417 e. The van der Waals surface area contributed by atoms with Gasteiger partial charge in [-0.15, -0.1) is 0 Å². The number of piperidine rings is 1. The zero-order valence-corrected chi connectivity index (χ0v) is 17.0. The Morgan fingerprint density at radius 3 is 2.41 bits per heavy atom. The molecule has 0 saturated carbocycles. The number of carbonyl (C=O) groups is 1. The molecule has 0 spiro atoms. The zero-order chi connectivity index (χ0) is 22.7. The van der Waals surface area contributed by atoms with Crippen LogP contribution < -0.4 is 10.2 Å². The fourth-order valence-electron chi connectivity index (χ4n) is 3.67. The van der Waals surface area contributed by atoms with Crippen LogP contribution in [0.3, 0.4) is 0 Å². The van der Waals surface area contributed by atoms with Gasteiger partial charge in [-0.3, -0.25) is 4.79 Å². The van der Waals surface area contributed by atoms with Gasteiger partial charge in [0.15, 0.2) is 0 Å². The van der Waals surface area contributed by atoms with Crippen LogP contribution >= 0.6 is 0 Å². The first kappa shape index (κ1) is 21.9. The monoisotopic (exact) mass is 447 g/mol. The number of amides is 1. The van der Waals surface area contributed by atoms with Crippen molar-refractivity contribution in [2.75, 3.05) is 18.0 Å². The molecule has 0 aliphatic carbocycles. The Morgan fingerprint density at radius 2 is 1.78 bits per heavy atom. The van der Waals surface area contributed by atoms with Gasteiger partial charge < -0.3 is 14.6 Å². The molecule has 1 aliphatic heterocycles. The summed E-state index contributed by atoms with van der Waals surface area (Å²) in [7, 11) is 0. The van der Waals surface area contributed by atoms with E-state index in [4.69, 9.17) is 4.42 Å². The first-order valence-electron chi connectivity index (χ1n) is 10.2. The van der Waals surface area contributed by atoms with Crippen LogP contribution in [0, 0.1) is 11.7 Å². The molecule has 3 aromatic rings. The molecule has 0 radical (unpaired) electrons. The van der Waals surface area contributed by atoms with Crippen LogP contribution in [-0.4, -0.2) is 24.0 Å². The molecule has 4 rings (SSSR count). The number of furan rings is 1. The SMILES string of the molecule is O=C(NCc1ccc(-c2ccc(F)cc2)o1)C1CCN(c2ccc(C(F)(F)F)cn2)CC1. The molecule has 1 amide bonds. The normalized spacial score (nSPS) is 15.1. The summed E-state index contributed by atoms with van der Waals surface area (Å²) in [6.07, 6.45) is -2.43. The number of hydrogen-bond donors (Lipinski definition) is 1. The Kier molecular flexibility index (Phi) is 6.16. The van der Waals surface area contributed by atoms with Crippen LogP contribution in [0.25, 0.3) is 11.3 Å². The van der Waals surface area contributed by atoms with Crippen molar-refractivity contribution in [2.45, 2.75) is 25.6 Å². The van der Waals surface area contributed by atoms with Crippen LogP contribution in [0.15, 0.2) is 59.1 Å². The van der Waals surface area contributed by atoms with Crippen molar-refractivity contribution in [1.29, 1.82) is 0 Å². The highest BCUT2D eigenvalue weighted by Gasteiger charge is 2.31. The number of benzene rings is 1. The maximum atomic E-state index is 13.0.